The lowest BCUT2D eigenvalue weighted by atomic mass is 9.84. The van der Waals surface area contributed by atoms with Gasteiger partial charge in [0.25, 0.3) is 0 Å². The lowest BCUT2D eigenvalue weighted by Gasteiger charge is -2.13. The normalized spacial score (nSPS) is 17.9. The zero-order valence-corrected chi connectivity index (χ0v) is 10.1. The quantitative estimate of drug-likeness (QED) is 0.657. The molecule has 2 aliphatic carbocycles. The predicted octanol–water partition coefficient (Wildman–Crippen LogP) is 1.33. The summed E-state index contributed by atoms with van der Waals surface area (Å²) in [6.07, 6.45) is 3.60. The minimum absolute atomic E-state index is 0.107. The maximum Gasteiger partial charge on any atom is 0.185 e. The Kier molecular flexibility index (Phi) is 1.81. The predicted molar refractivity (Wildman–Crippen MR) is 72.2 cm³/mol. The fourth-order valence-electron chi connectivity index (χ4n) is 3.00. The molecule has 0 aliphatic heterocycles. The topological polar surface area (TPSA) is 34.1 Å². The fourth-order valence-corrected chi connectivity index (χ4v) is 3.00. The van der Waals surface area contributed by atoms with E-state index in [1.54, 1.807) is 36.4 Å². The summed E-state index contributed by atoms with van der Waals surface area (Å²) in [4.78, 5) is 25.2. The van der Waals surface area contributed by atoms with Gasteiger partial charge in [0.2, 0.25) is 0 Å². The maximum absolute atomic E-state index is 12.6. The van der Waals surface area contributed by atoms with Crippen LogP contribution in [-0.4, -0.2) is 11.6 Å². The molecule has 0 N–H and O–H groups in total. The highest BCUT2D eigenvalue weighted by atomic mass is 16.2. The van der Waals surface area contributed by atoms with Crippen LogP contribution in [0.25, 0.3) is 12.2 Å². The van der Waals surface area contributed by atoms with E-state index in [1.807, 2.05) is 24.3 Å². The van der Waals surface area contributed by atoms with Crippen LogP contribution in [0.4, 0.5) is 0 Å². The Labute approximate surface area is 109 Å². The summed E-state index contributed by atoms with van der Waals surface area (Å²) in [5, 5.41) is 1.91. The van der Waals surface area contributed by atoms with Gasteiger partial charge in [-0.05, 0) is 10.4 Å². The Morgan fingerprint density at radius 3 is 1.53 bits per heavy atom. The number of fused-ring (bicyclic) bond motifs is 2. The van der Waals surface area contributed by atoms with E-state index in [1.165, 1.54) is 0 Å². The van der Waals surface area contributed by atoms with Gasteiger partial charge in [0.15, 0.2) is 11.6 Å². The van der Waals surface area contributed by atoms with E-state index < -0.39 is 5.41 Å². The number of hydrogen-bond donors (Lipinski definition) is 0. The first kappa shape index (κ1) is 10.4. The van der Waals surface area contributed by atoms with Crippen LogP contribution in [0.2, 0.25) is 0 Å². The first-order chi connectivity index (χ1) is 9.22. The monoisotopic (exact) mass is 246 g/mol. The van der Waals surface area contributed by atoms with Crippen molar-refractivity contribution in [2.45, 2.75) is 0 Å². The summed E-state index contributed by atoms with van der Waals surface area (Å²) in [5.74, 6) is -0.214. The molecule has 0 atom stereocenters. The summed E-state index contributed by atoms with van der Waals surface area (Å²) in [6.45, 7) is 0. The highest BCUT2D eigenvalue weighted by molar-refractivity contribution is 6.36. The van der Waals surface area contributed by atoms with Gasteiger partial charge in [0.1, 0.15) is 5.41 Å². The van der Waals surface area contributed by atoms with Crippen molar-refractivity contribution in [1.29, 1.82) is 0 Å². The standard InChI is InChI=1S/C17H10O2/c18-15-13-7-3-4-8-14(13)16(19)17(15)9-11-5-1-2-6-12(11)10-17/h1-10H. The summed E-state index contributed by atoms with van der Waals surface area (Å²) in [7, 11) is 0. The summed E-state index contributed by atoms with van der Waals surface area (Å²) < 4.78 is 0. The van der Waals surface area contributed by atoms with Crippen LogP contribution in [0.5, 0.6) is 0 Å². The molecule has 0 aromatic heterocycles. The molecule has 2 aromatic carbocycles. The second kappa shape index (κ2) is 3.29. The maximum atomic E-state index is 12.6. The highest BCUT2D eigenvalue weighted by Gasteiger charge is 2.50. The Balaban J connectivity index is 2.05. The number of benzene rings is 2. The molecule has 0 amide bonds. The van der Waals surface area contributed by atoms with E-state index in [2.05, 4.69) is 0 Å². The third kappa shape index (κ3) is 1.16. The summed E-state index contributed by atoms with van der Waals surface area (Å²) >= 11 is 0. The fraction of sp³-hybridized carbons (Fsp3) is 0.0588. The van der Waals surface area contributed by atoms with Crippen LogP contribution in [0.15, 0.2) is 48.5 Å². The molecule has 0 bridgehead atoms. The van der Waals surface area contributed by atoms with Crippen molar-refractivity contribution in [3.63, 3.8) is 0 Å². The van der Waals surface area contributed by atoms with E-state index in [4.69, 9.17) is 0 Å². The minimum atomic E-state index is -1.10. The lowest BCUT2D eigenvalue weighted by Crippen LogP contribution is -2.27. The van der Waals surface area contributed by atoms with Crippen LogP contribution in [0.1, 0.15) is 20.7 Å². The van der Waals surface area contributed by atoms with Crippen LogP contribution in [0, 0.1) is 5.41 Å². The molecule has 4 rings (SSSR count). The molecule has 2 aliphatic rings. The van der Waals surface area contributed by atoms with Gasteiger partial charge in [-0.2, -0.15) is 0 Å². The van der Waals surface area contributed by atoms with Crippen molar-refractivity contribution in [2.75, 3.05) is 0 Å². The van der Waals surface area contributed by atoms with Crippen molar-refractivity contribution < 1.29 is 9.59 Å². The molecule has 0 radical (unpaired) electrons. The molecule has 2 nitrogen and oxygen atoms in total. The molecule has 90 valence electrons. The highest BCUT2D eigenvalue weighted by Crippen LogP contribution is 2.40. The average Bonchev–Trinajstić information content (AvgIpc) is 2.93. The minimum Gasteiger partial charge on any atom is -0.292 e. The molecule has 2 heteroatoms. The number of carbonyl (C=O) groups is 2. The van der Waals surface area contributed by atoms with E-state index in [0.717, 1.165) is 10.4 Å². The second-order valence-corrected chi connectivity index (χ2v) is 4.99. The third-order valence-corrected chi connectivity index (χ3v) is 3.93. The number of rotatable bonds is 0. The Morgan fingerprint density at radius 1 is 0.632 bits per heavy atom. The van der Waals surface area contributed by atoms with Gasteiger partial charge in [-0.15, -0.1) is 0 Å². The molecule has 19 heavy (non-hydrogen) atoms. The average molecular weight is 246 g/mol. The summed E-state index contributed by atoms with van der Waals surface area (Å²) in [6, 6.07) is 14.8. The van der Waals surface area contributed by atoms with E-state index in [-0.39, 0.29) is 11.6 Å². The molecule has 1 spiro atoms. The molecule has 0 heterocycles. The largest absolute Gasteiger partial charge is 0.292 e. The molecular formula is C17H10O2. The second-order valence-electron chi connectivity index (χ2n) is 4.99. The Bertz CT molecular complexity index is 787. The lowest BCUT2D eigenvalue weighted by molar-refractivity contribution is 0.0837. The number of carbonyl (C=O) groups excluding carboxylic acids is 2. The molecule has 0 saturated heterocycles. The first-order valence-electron chi connectivity index (χ1n) is 6.22. The Hall–Kier alpha value is -2.48. The third-order valence-electron chi connectivity index (χ3n) is 3.93. The SMILES string of the molecule is O=C1c2ccccc2C(=O)C12C=c1ccccc1=C2. The number of hydrogen-bond acceptors (Lipinski definition) is 2. The van der Waals surface area contributed by atoms with E-state index >= 15 is 0 Å². The molecule has 0 unspecified atom stereocenters. The number of Topliss-reactive ketones (excluding diaryl/α,β-unsaturated/α-hetero) is 2. The van der Waals surface area contributed by atoms with Crippen LogP contribution < -0.4 is 10.4 Å². The van der Waals surface area contributed by atoms with Gasteiger partial charge in [0, 0.05) is 11.1 Å². The first-order valence-corrected chi connectivity index (χ1v) is 6.22. The molecule has 0 saturated carbocycles. The van der Waals surface area contributed by atoms with Crippen molar-refractivity contribution in [2.24, 2.45) is 5.41 Å². The van der Waals surface area contributed by atoms with Crippen LogP contribution in [-0.2, 0) is 0 Å². The smallest absolute Gasteiger partial charge is 0.185 e. The van der Waals surface area contributed by atoms with Gasteiger partial charge in [-0.3, -0.25) is 9.59 Å². The van der Waals surface area contributed by atoms with Crippen molar-refractivity contribution in [3.8, 4) is 0 Å². The van der Waals surface area contributed by atoms with Crippen LogP contribution >= 0.6 is 0 Å². The molecule has 2 aromatic rings. The van der Waals surface area contributed by atoms with Crippen molar-refractivity contribution in [1.82, 2.24) is 0 Å². The van der Waals surface area contributed by atoms with Crippen molar-refractivity contribution in [3.05, 3.63) is 70.1 Å². The van der Waals surface area contributed by atoms with Crippen molar-refractivity contribution >= 4 is 23.7 Å². The van der Waals surface area contributed by atoms with Gasteiger partial charge in [-0.1, -0.05) is 60.7 Å². The number of ketones is 2. The summed E-state index contributed by atoms with van der Waals surface area (Å²) in [5.41, 5.74) is -0.0338. The van der Waals surface area contributed by atoms with Crippen LogP contribution in [0.3, 0.4) is 0 Å². The zero-order chi connectivity index (χ0) is 13.0. The van der Waals surface area contributed by atoms with Gasteiger partial charge in [0.05, 0.1) is 0 Å². The van der Waals surface area contributed by atoms with Gasteiger partial charge < -0.3 is 0 Å². The zero-order valence-electron chi connectivity index (χ0n) is 10.1. The van der Waals surface area contributed by atoms with E-state index in [9.17, 15) is 9.59 Å². The van der Waals surface area contributed by atoms with Gasteiger partial charge >= 0.3 is 0 Å². The van der Waals surface area contributed by atoms with E-state index in [0.29, 0.717) is 11.1 Å². The molecule has 0 fully saturated rings. The van der Waals surface area contributed by atoms with Gasteiger partial charge in [-0.25, -0.2) is 0 Å². The molecular weight excluding hydrogens is 236 g/mol. The Morgan fingerprint density at radius 2 is 1.05 bits per heavy atom.